The van der Waals surface area contributed by atoms with Gasteiger partial charge in [-0.2, -0.15) is 5.10 Å². The predicted octanol–water partition coefficient (Wildman–Crippen LogP) is 3.25. The Labute approximate surface area is 126 Å². The van der Waals surface area contributed by atoms with Crippen LogP contribution in [0.25, 0.3) is 0 Å². The van der Waals surface area contributed by atoms with Gasteiger partial charge in [-0.05, 0) is 26.8 Å². The van der Waals surface area contributed by atoms with Gasteiger partial charge in [0.25, 0.3) is 0 Å². The molecule has 21 heavy (non-hydrogen) atoms. The van der Waals surface area contributed by atoms with Crippen LogP contribution < -0.4 is 10.1 Å². The molecule has 1 aromatic carbocycles. The van der Waals surface area contributed by atoms with Crippen LogP contribution in [0.15, 0.2) is 36.7 Å². The van der Waals surface area contributed by atoms with Gasteiger partial charge in [0.05, 0.1) is 18.3 Å². The molecule has 0 saturated heterocycles. The van der Waals surface area contributed by atoms with Crippen LogP contribution in [-0.4, -0.2) is 16.4 Å². The van der Waals surface area contributed by atoms with Gasteiger partial charge >= 0.3 is 0 Å². The highest BCUT2D eigenvalue weighted by atomic mass is 16.5. The van der Waals surface area contributed by atoms with E-state index >= 15 is 0 Å². The predicted molar refractivity (Wildman–Crippen MR) is 83.4 cm³/mol. The van der Waals surface area contributed by atoms with E-state index in [1.807, 2.05) is 23.0 Å². The molecule has 1 aliphatic heterocycles. The number of aromatic nitrogens is 2. The summed E-state index contributed by atoms with van der Waals surface area (Å²) in [7, 11) is 0. The summed E-state index contributed by atoms with van der Waals surface area (Å²) in [5.74, 6) is 1.01. The summed E-state index contributed by atoms with van der Waals surface area (Å²) in [6.45, 7) is 8.08. The maximum Gasteiger partial charge on any atom is 0.124 e. The summed E-state index contributed by atoms with van der Waals surface area (Å²) >= 11 is 0. The second-order valence-corrected chi connectivity index (χ2v) is 6.57. The SMILES string of the molecule is CC(C)(C)n1cc(CNC2CCOc3ccccc32)cn1. The Morgan fingerprint density at radius 2 is 2.14 bits per heavy atom. The largest absolute Gasteiger partial charge is 0.493 e. The second-order valence-electron chi connectivity index (χ2n) is 6.57. The minimum absolute atomic E-state index is 0.0313. The molecule has 0 fully saturated rings. The van der Waals surface area contributed by atoms with E-state index in [0.717, 1.165) is 25.3 Å². The van der Waals surface area contributed by atoms with Crippen molar-refractivity contribution in [3.8, 4) is 5.75 Å². The van der Waals surface area contributed by atoms with Gasteiger partial charge in [-0.3, -0.25) is 4.68 Å². The molecule has 0 spiro atoms. The third-order valence-electron chi connectivity index (χ3n) is 3.83. The average Bonchev–Trinajstić information content (AvgIpc) is 2.94. The molecule has 4 nitrogen and oxygen atoms in total. The van der Waals surface area contributed by atoms with Crippen molar-refractivity contribution < 1.29 is 4.74 Å². The highest BCUT2D eigenvalue weighted by molar-refractivity contribution is 5.37. The monoisotopic (exact) mass is 285 g/mol. The second kappa shape index (κ2) is 5.53. The molecule has 0 aliphatic carbocycles. The molecule has 1 N–H and O–H groups in total. The lowest BCUT2D eigenvalue weighted by Gasteiger charge is -2.26. The van der Waals surface area contributed by atoms with Gasteiger partial charge in [0, 0.05) is 36.3 Å². The molecular formula is C17H23N3O. The zero-order valence-electron chi connectivity index (χ0n) is 13.0. The van der Waals surface area contributed by atoms with Gasteiger partial charge in [0.1, 0.15) is 5.75 Å². The summed E-state index contributed by atoms with van der Waals surface area (Å²) < 4.78 is 7.71. The van der Waals surface area contributed by atoms with Crippen LogP contribution in [0, 0.1) is 0 Å². The van der Waals surface area contributed by atoms with Crippen molar-refractivity contribution >= 4 is 0 Å². The summed E-state index contributed by atoms with van der Waals surface area (Å²) in [4.78, 5) is 0. The molecule has 0 bridgehead atoms. The summed E-state index contributed by atoms with van der Waals surface area (Å²) in [6, 6.07) is 8.63. The zero-order valence-corrected chi connectivity index (χ0v) is 13.0. The number of rotatable bonds is 3. The molecule has 3 rings (SSSR count). The fourth-order valence-electron chi connectivity index (χ4n) is 2.61. The van der Waals surface area contributed by atoms with Crippen molar-refractivity contribution in [2.45, 2.75) is 45.3 Å². The van der Waals surface area contributed by atoms with E-state index in [1.54, 1.807) is 0 Å². The number of nitrogens with zero attached hydrogens (tertiary/aromatic N) is 2. The molecule has 1 unspecified atom stereocenters. The first-order valence-corrected chi connectivity index (χ1v) is 7.53. The summed E-state index contributed by atoms with van der Waals surface area (Å²) in [6.07, 6.45) is 5.08. The summed E-state index contributed by atoms with van der Waals surface area (Å²) in [5.41, 5.74) is 2.50. The number of benzene rings is 1. The van der Waals surface area contributed by atoms with Crippen molar-refractivity contribution in [1.82, 2.24) is 15.1 Å². The first-order chi connectivity index (χ1) is 10.0. The maximum atomic E-state index is 5.70. The van der Waals surface area contributed by atoms with Crippen LogP contribution >= 0.6 is 0 Å². The number of hydrogen-bond acceptors (Lipinski definition) is 3. The Bertz CT molecular complexity index is 612. The topological polar surface area (TPSA) is 39.1 Å². The molecule has 112 valence electrons. The fraction of sp³-hybridized carbons (Fsp3) is 0.471. The van der Waals surface area contributed by atoms with Gasteiger partial charge in [0.2, 0.25) is 0 Å². The molecule has 0 saturated carbocycles. The van der Waals surface area contributed by atoms with Gasteiger partial charge in [-0.1, -0.05) is 18.2 Å². The quantitative estimate of drug-likeness (QED) is 0.941. The smallest absolute Gasteiger partial charge is 0.124 e. The Morgan fingerprint density at radius 1 is 1.33 bits per heavy atom. The fourth-order valence-corrected chi connectivity index (χ4v) is 2.61. The maximum absolute atomic E-state index is 5.70. The van der Waals surface area contributed by atoms with Gasteiger partial charge < -0.3 is 10.1 Å². The molecule has 2 aromatic rings. The highest BCUT2D eigenvalue weighted by Gasteiger charge is 2.21. The summed E-state index contributed by atoms with van der Waals surface area (Å²) in [5, 5.41) is 8.07. The number of fused-ring (bicyclic) bond motifs is 1. The Kier molecular flexibility index (Phi) is 3.72. The first kappa shape index (κ1) is 14.1. The molecular weight excluding hydrogens is 262 g/mol. The normalized spacial score (nSPS) is 18.1. The van der Waals surface area contributed by atoms with Crippen LogP contribution in [0.4, 0.5) is 0 Å². The third-order valence-corrected chi connectivity index (χ3v) is 3.83. The Hall–Kier alpha value is -1.81. The average molecular weight is 285 g/mol. The zero-order chi connectivity index (χ0) is 14.9. The van der Waals surface area contributed by atoms with Gasteiger partial charge in [0.15, 0.2) is 0 Å². The first-order valence-electron chi connectivity index (χ1n) is 7.53. The number of para-hydroxylation sites is 1. The minimum Gasteiger partial charge on any atom is -0.493 e. The van der Waals surface area contributed by atoms with E-state index in [2.05, 4.69) is 49.5 Å². The third kappa shape index (κ3) is 3.10. The highest BCUT2D eigenvalue weighted by Crippen LogP contribution is 2.31. The van der Waals surface area contributed by atoms with Crippen LogP contribution in [-0.2, 0) is 12.1 Å². The van der Waals surface area contributed by atoms with Crippen LogP contribution in [0.5, 0.6) is 5.75 Å². The molecule has 1 aromatic heterocycles. The van der Waals surface area contributed by atoms with Crippen molar-refractivity contribution in [3.05, 3.63) is 47.8 Å². The van der Waals surface area contributed by atoms with Gasteiger partial charge in [-0.25, -0.2) is 0 Å². The van der Waals surface area contributed by atoms with E-state index in [0.29, 0.717) is 6.04 Å². The van der Waals surface area contributed by atoms with Crippen molar-refractivity contribution in [2.75, 3.05) is 6.61 Å². The van der Waals surface area contributed by atoms with Crippen LogP contribution in [0.2, 0.25) is 0 Å². The molecule has 0 radical (unpaired) electrons. The Balaban J connectivity index is 1.68. The molecule has 1 aliphatic rings. The molecule has 2 heterocycles. The molecule has 0 amide bonds. The lowest BCUT2D eigenvalue weighted by Crippen LogP contribution is -2.26. The standard InChI is InChI=1S/C17H23N3O/c1-17(2,3)20-12-13(11-19-20)10-18-15-8-9-21-16-7-5-4-6-14(15)16/h4-7,11-12,15,18H,8-10H2,1-3H3. The van der Waals surface area contributed by atoms with E-state index in [-0.39, 0.29) is 5.54 Å². The molecule has 4 heteroatoms. The van der Waals surface area contributed by atoms with E-state index < -0.39 is 0 Å². The van der Waals surface area contributed by atoms with E-state index in [4.69, 9.17) is 4.74 Å². The minimum atomic E-state index is 0.0313. The Morgan fingerprint density at radius 3 is 2.90 bits per heavy atom. The van der Waals surface area contributed by atoms with E-state index in [9.17, 15) is 0 Å². The van der Waals surface area contributed by atoms with Crippen molar-refractivity contribution in [1.29, 1.82) is 0 Å². The van der Waals surface area contributed by atoms with Crippen molar-refractivity contribution in [3.63, 3.8) is 0 Å². The van der Waals surface area contributed by atoms with Crippen molar-refractivity contribution in [2.24, 2.45) is 0 Å². The number of nitrogens with one attached hydrogen (secondary N) is 1. The lowest BCUT2D eigenvalue weighted by atomic mass is 10.0. The number of hydrogen-bond donors (Lipinski definition) is 1. The van der Waals surface area contributed by atoms with Gasteiger partial charge in [-0.15, -0.1) is 0 Å². The van der Waals surface area contributed by atoms with Crippen LogP contribution in [0.1, 0.15) is 44.4 Å². The lowest BCUT2D eigenvalue weighted by molar-refractivity contribution is 0.252. The number of ether oxygens (including phenoxy) is 1. The molecule has 1 atom stereocenters. The van der Waals surface area contributed by atoms with E-state index in [1.165, 1.54) is 11.1 Å². The van der Waals surface area contributed by atoms with Crippen LogP contribution in [0.3, 0.4) is 0 Å².